The standard InChI is InChI=1S/C38H30O2/c1-38(35-20-12-11-19-32(35)27-13-5-2-6-14-27,30-21-23-36(39)33(25-30)28-15-7-3-8-16-28)31-22-24-37(40)34(26-31)29-17-9-4-10-18-29/h2-26,39-40H,1H3. The second-order valence-corrected chi connectivity index (χ2v) is 10.2. The molecule has 0 amide bonds. The fourth-order valence-corrected chi connectivity index (χ4v) is 5.66. The third-order valence-corrected chi connectivity index (χ3v) is 7.87. The molecule has 0 bridgehead atoms. The molecule has 194 valence electrons. The summed E-state index contributed by atoms with van der Waals surface area (Å²) < 4.78 is 0. The molecule has 0 atom stereocenters. The summed E-state index contributed by atoms with van der Waals surface area (Å²) in [4.78, 5) is 0. The lowest BCUT2D eigenvalue weighted by Gasteiger charge is -2.35. The van der Waals surface area contributed by atoms with E-state index in [0.717, 1.165) is 50.1 Å². The van der Waals surface area contributed by atoms with Crippen LogP contribution in [0.1, 0.15) is 23.6 Å². The fourth-order valence-electron chi connectivity index (χ4n) is 5.66. The number of phenolic OH excluding ortho intramolecular Hbond substituents is 2. The summed E-state index contributed by atoms with van der Waals surface area (Å²) in [6.45, 7) is 2.23. The van der Waals surface area contributed by atoms with Gasteiger partial charge in [-0.1, -0.05) is 127 Å². The highest BCUT2D eigenvalue weighted by Crippen LogP contribution is 2.47. The fraction of sp³-hybridized carbons (Fsp3) is 0.0526. The zero-order valence-electron chi connectivity index (χ0n) is 22.3. The van der Waals surface area contributed by atoms with Gasteiger partial charge < -0.3 is 10.2 Å². The normalized spacial score (nSPS) is 11.3. The van der Waals surface area contributed by atoms with Crippen molar-refractivity contribution in [3.05, 3.63) is 168 Å². The van der Waals surface area contributed by atoms with Crippen molar-refractivity contribution in [1.29, 1.82) is 0 Å². The van der Waals surface area contributed by atoms with Gasteiger partial charge in [-0.15, -0.1) is 0 Å². The maximum absolute atomic E-state index is 10.9. The van der Waals surface area contributed by atoms with Crippen molar-refractivity contribution < 1.29 is 10.2 Å². The van der Waals surface area contributed by atoms with Gasteiger partial charge in [0.05, 0.1) is 0 Å². The van der Waals surface area contributed by atoms with Crippen LogP contribution in [0, 0.1) is 0 Å². The van der Waals surface area contributed by atoms with E-state index in [9.17, 15) is 10.2 Å². The van der Waals surface area contributed by atoms with Crippen LogP contribution in [0.15, 0.2) is 152 Å². The van der Waals surface area contributed by atoms with Crippen LogP contribution in [0.2, 0.25) is 0 Å². The second-order valence-electron chi connectivity index (χ2n) is 10.2. The summed E-state index contributed by atoms with van der Waals surface area (Å²) in [7, 11) is 0. The van der Waals surface area contributed by atoms with E-state index in [2.05, 4.69) is 67.6 Å². The molecule has 6 aromatic carbocycles. The summed E-state index contributed by atoms with van der Waals surface area (Å²) in [5.74, 6) is 0.480. The Morgan fingerprint density at radius 1 is 0.400 bits per heavy atom. The number of hydrogen-bond donors (Lipinski definition) is 2. The summed E-state index contributed by atoms with van der Waals surface area (Å²) in [5, 5.41) is 21.8. The molecular weight excluding hydrogens is 488 g/mol. The van der Waals surface area contributed by atoms with Gasteiger partial charge in [0, 0.05) is 16.5 Å². The maximum atomic E-state index is 10.9. The monoisotopic (exact) mass is 518 g/mol. The zero-order chi connectivity index (χ0) is 27.5. The van der Waals surface area contributed by atoms with E-state index in [1.54, 1.807) is 12.1 Å². The van der Waals surface area contributed by atoms with E-state index >= 15 is 0 Å². The molecule has 0 unspecified atom stereocenters. The summed E-state index contributed by atoms with van der Waals surface area (Å²) in [6.07, 6.45) is 0. The van der Waals surface area contributed by atoms with Crippen molar-refractivity contribution in [3.8, 4) is 44.9 Å². The Labute approximate surface area is 235 Å². The highest BCUT2D eigenvalue weighted by Gasteiger charge is 2.34. The molecule has 0 aliphatic rings. The number of rotatable bonds is 6. The molecular formula is C38H30O2. The first-order valence-corrected chi connectivity index (χ1v) is 13.5. The van der Waals surface area contributed by atoms with E-state index < -0.39 is 5.41 Å². The van der Waals surface area contributed by atoms with Gasteiger partial charge >= 0.3 is 0 Å². The van der Waals surface area contributed by atoms with Gasteiger partial charge in [0.2, 0.25) is 0 Å². The van der Waals surface area contributed by atoms with Crippen molar-refractivity contribution in [2.75, 3.05) is 0 Å². The maximum Gasteiger partial charge on any atom is 0.123 e. The average molecular weight is 519 g/mol. The molecule has 40 heavy (non-hydrogen) atoms. The molecule has 0 heterocycles. The molecule has 0 aromatic heterocycles. The summed E-state index contributed by atoms with van der Waals surface area (Å²) in [6, 6.07) is 50.7. The molecule has 0 aliphatic heterocycles. The van der Waals surface area contributed by atoms with Gasteiger partial charge in [-0.2, -0.15) is 0 Å². The Morgan fingerprint density at radius 3 is 1.23 bits per heavy atom. The van der Waals surface area contributed by atoms with Crippen molar-refractivity contribution in [2.45, 2.75) is 12.3 Å². The Balaban J connectivity index is 1.65. The lowest BCUT2D eigenvalue weighted by molar-refractivity contribution is 0.476. The zero-order valence-corrected chi connectivity index (χ0v) is 22.3. The predicted molar refractivity (Wildman–Crippen MR) is 165 cm³/mol. The minimum absolute atomic E-state index is 0.240. The molecule has 6 rings (SSSR count). The van der Waals surface area contributed by atoms with Crippen LogP contribution in [0.5, 0.6) is 11.5 Å². The Bertz CT molecular complexity index is 1670. The molecule has 0 spiro atoms. The van der Waals surface area contributed by atoms with E-state index in [0.29, 0.717) is 0 Å². The van der Waals surface area contributed by atoms with E-state index in [1.165, 1.54) is 0 Å². The van der Waals surface area contributed by atoms with Crippen molar-refractivity contribution >= 4 is 0 Å². The van der Waals surface area contributed by atoms with E-state index in [4.69, 9.17) is 0 Å². The molecule has 0 saturated carbocycles. The molecule has 0 saturated heterocycles. The van der Waals surface area contributed by atoms with Crippen LogP contribution in [-0.2, 0) is 5.41 Å². The second kappa shape index (κ2) is 10.6. The van der Waals surface area contributed by atoms with Crippen molar-refractivity contribution in [1.82, 2.24) is 0 Å². The first kappa shape index (κ1) is 25.2. The van der Waals surface area contributed by atoms with E-state index in [1.807, 2.05) is 78.9 Å². The van der Waals surface area contributed by atoms with Crippen LogP contribution in [0.3, 0.4) is 0 Å². The Morgan fingerprint density at radius 2 is 0.775 bits per heavy atom. The molecule has 2 heteroatoms. The Kier molecular flexibility index (Phi) is 6.67. The Hall–Kier alpha value is -5.08. The smallest absolute Gasteiger partial charge is 0.123 e. The van der Waals surface area contributed by atoms with Crippen LogP contribution < -0.4 is 0 Å². The topological polar surface area (TPSA) is 40.5 Å². The van der Waals surface area contributed by atoms with Gasteiger partial charge in [-0.05, 0) is 70.1 Å². The average Bonchev–Trinajstić information content (AvgIpc) is 3.02. The highest BCUT2D eigenvalue weighted by molar-refractivity contribution is 5.77. The SMILES string of the molecule is CC(c1ccc(O)c(-c2ccccc2)c1)(c1ccc(O)c(-c2ccccc2)c1)c1ccccc1-c1ccccc1. The lowest BCUT2D eigenvalue weighted by Crippen LogP contribution is -2.26. The summed E-state index contributed by atoms with van der Waals surface area (Å²) >= 11 is 0. The van der Waals surface area contributed by atoms with Gasteiger partial charge in [-0.25, -0.2) is 0 Å². The molecule has 0 radical (unpaired) electrons. The van der Waals surface area contributed by atoms with Gasteiger partial charge in [-0.3, -0.25) is 0 Å². The predicted octanol–water partition coefficient (Wildman–Crippen LogP) is 9.45. The third-order valence-electron chi connectivity index (χ3n) is 7.87. The molecule has 0 fully saturated rings. The lowest BCUT2D eigenvalue weighted by atomic mass is 9.68. The van der Waals surface area contributed by atoms with Gasteiger partial charge in [0.25, 0.3) is 0 Å². The van der Waals surface area contributed by atoms with Crippen molar-refractivity contribution in [3.63, 3.8) is 0 Å². The molecule has 0 aliphatic carbocycles. The first-order valence-electron chi connectivity index (χ1n) is 13.5. The largest absolute Gasteiger partial charge is 0.507 e. The number of aromatic hydroxyl groups is 2. The molecule has 6 aromatic rings. The van der Waals surface area contributed by atoms with Crippen molar-refractivity contribution in [2.24, 2.45) is 0 Å². The number of phenols is 2. The number of hydrogen-bond acceptors (Lipinski definition) is 2. The van der Waals surface area contributed by atoms with Gasteiger partial charge in [0.1, 0.15) is 11.5 Å². The first-order chi connectivity index (χ1) is 19.6. The number of benzene rings is 6. The molecule has 2 nitrogen and oxygen atoms in total. The minimum Gasteiger partial charge on any atom is -0.507 e. The minimum atomic E-state index is -0.624. The third kappa shape index (κ3) is 4.54. The van der Waals surface area contributed by atoms with Gasteiger partial charge in [0.15, 0.2) is 0 Å². The highest BCUT2D eigenvalue weighted by atomic mass is 16.3. The molecule has 2 N–H and O–H groups in total. The van der Waals surface area contributed by atoms with E-state index in [-0.39, 0.29) is 11.5 Å². The quantitative estimate of drug-likeness (QED) is 0.216. The van der Waals surface area contributed by atoms with Crippen LogP contribution >= 0.6 is 0 Å². The van der Waals surface area contributed by atoms with Crippen LogP contribution in [0.25, 0.3) is 33.4 Å². The van der Waals surface area contributed by atoms with Crippen LogP contribution in [-0.4, -0.2) is 10.2 Å². The summed E-state index contributed by atoms with van der Waals surface area (Å²) in [5.41, 5.74) is 8.33. The van der Waals surface area contributed by atoms with Crippen LogP contribution in [0.4, 0.5) is 0 Å².